The number of para-hydroxylation sites is 1. The monoisotopic (exact) mass is 366 g/mol. The van der Waals surface area contributed by atoms with E-state index in [1.54, 1.807) is 0 Å². The van der Waals surface area contributed by atoms with Gasteiger partial charge in [0, 0.05) is 24.2 Å². The predicted octanol–water partition coefficient (Wildman–Crippen LogP) is 6.30. The van der Waals surface area contributed by atoms with E-state index in [-0.39, 0.29) is 0 Å². The number of anilines is 1. The second-order valence-corrected chi connectivity index (χ2v) is 7.04. The summed E-state index contributed by atoms with van der Waals surface area (Å²) in [5, 5.41) is 1.13. The fourth-order valence-electron chi connectivity index (χ4n) is 3.12. The largest absolute Gasteiger partial charge is 0.384 e. The number of fused-ring (bicyclic) bond motifs is 1. The van der Waals surface area contributed by atoms with Crippen molar-refractivity contribution in [3.05, 3.63) is 54.6 Å². The van der Waals surface area contributed by atoms with Crippen molar-refractivity contribution in [2.45, 2.75) is 71.1 Å². The summed E-state index contributed by atoms with van der Waals surface area (Å²) >= 11 is 0. The van der Waals surface area contributed by atoms with E-state index in [1.165, 1.54) is 57.8 Å². The van der Waals surface area contributed by atoms with Crippen LogP contribution in [0.3, 0.4) is 0 Å². The molecule has 3 N–H and O–H groups in total. The van der Waals surface area contributed by atoms with Gasteiger partial charge in [0.15, 0.2) is 0 Å². The number of nitrogen functional groups attached to an aromatic ring is 1. The molecule has 2 aromatic heterocycles. The van der Waals surface area contributed by atoms with Gasteiger partial charge in [-0.3, -0.25) is 0 Å². The van der Waals surface area contributed by atoms with Crippen molar-refractivity contribution in [1.82, 2.24) is 15.0 Å². The lowest BCUT2D eigenvalue weighted by Gasteiger charge is -2.01. The Morgan fingerprint density at radius 1 is 0.852 bits per heavy atom. The first kappa shape index (κ1) is 20.9. The number of pyridine rings is 1. The molecule has 0 amide bonds. The third-order valence-electron chi connectivity index (χ3n) is 4.69. The highest BCUT2D eigenvalue weighted by Gasteiger charge is 1.95. The van der Waals surface area contributed by atoms with Crippen molar-refractivity contribution in [2.75, 3.05) is 5.73 Å². The van der Waals surface area contributed by atoms with E-state index in [0.29, 0.717) is 5.82 Å². The van der Waals surface area contributed by atoms with Crippen molar-refractivity contribution >= 4 is 16.7 Å². The van der Waals surface area contributed by atoms with Crippen LogP contribution in [0.4, 0.5) is 5.82 Å². The lowest BCUT2D eigenvalue weighted by Crippen LogP contribution is -1.88. The van der Waals surface area contributed by atoms with E-state index in [9.17, 15) is 0 Å². The summed E-state index contributed by atoms with van der Waals surface area (Å²) in [7, 11) is 0. The number of imidazole rings is 1. The van der Waals surface area contributed by atoms with E-state index in [0.717, 1.165) is 23.1 Å². The van der Waals surface area contributed by atoms with Crippen LogP contribution in [0.1, 0.15) is 70.5 Å². The van der Waals surface area contributed by atoms with Crippen molar-refractivity contribution < 1.29 is 0 Å². The van der Waals surface area contributed by atoms with Crippen LogP contribution in [-0.2, 0) is 6.42 Å². The highest BCUT2D eigenvalue weighted by Crippen LogP contribution is 2.12. The zero-order chi connectivity index (χ0) is 19.2. The summed E-state index contributed by atoms with van der Waals surface area (Å²) in [4.78, 5) is 11.5. The normalized spacial score (nSPS) is 10.6. The second kappa shape index (κ2) is 12.9. The lowest BCUT2D eigenvalue weighted by atomic mass is 10.1. The Labute approximate surface area is 163 Å². The van der Waals surface area contributed by atoms with Gasteiger partial charge in [-0.15, -0.1) is 0 Å². The second-order valence-electron chi connectivity index (χ2n) is 7.04. The minimum absolute atomic E-state index is 0.573. The molecule has 4 nitrogen and oxygen atoms in total. The molecule has 4 heteroatoms. The molecule has 27 heavy (non-hydrogen) atoms. The number of hydrogen-bond donors (Lipinski definition) is 2. The molecule has 0 saturated carbocycles. The highest BCUT2D eigenvalue weighted by molar-refractivity contribution is 5.79. The van der Waals surface area contributed by atoms with Crippen LogP contribution in [0, 0.1) is 0 Å². The maximum absolute atomic E-state index is 5.51. The minimum Gasteiger partial charge on any atom is -0.384 e. The van der Waals surface area contributed by atoms with Gasteiger partial charge in [0.2, 0.25) is 0 Å². The van der Waals surface area contributed by atoms with Gasteiger partial charge in [0.1, 0.15) is 11.6 Å². The molecule has 1 aromatic carbocycles. The fourth-order valence-corrected chi connectivity index (χ4v) is 3.12. The molecule has 3 rings (SSSR count). The first-order valence-corrected chi connectivity index (χ1v) is 10.4. The van der Waals surface area contributed by atoms with Crippen molar-refractivity contribution in [3.63, 3.8) is 0 Å². The molecule has 0 spiro atoms. The summed E-state index contributed by atoms with van der Waals surface area (Å²) in [5.41, 5.74) is 6.46. The maximum Gasteiger partial charge on any atom is 0.124 e. The van der Waals surface area contributed by atoms with Gasteiger partial charge < -0.3 is 10.7 Å². The molecular weight excluding hydrogens is 332 g/mol. The molecule has 0 aliphatic carbocycles. The number of aryl methyl sites for hydroxylation is 1. The number of nitrogens with one attached hydrogen (secondary N) is 1. The van der Waals surface area contributed by atoms with E-state index in [4.69, 9.17) is 5.73 Å². The summed E-state index contributed by atoms with van der Waals surface area (Å²) in [6.45, 7) is 2.27. The average Bonchev–Trinajstić information content (AvgIpc) is 3.21. The van der Waals surface area contributed by atoms with Crippen LogP contribution >= 0.6 is 0 Å². The van der Waals surface area contributed by atoms with Gasteiger partial charge >= 0.3 is 0 Å². The molecule has 3 aromatic rings. The third kappa shape index (κ3) is 8.72. The average molecular weight is 367 g/mol. The van der Waals surface area contributed by atoms with Crippen LogP contribution in [0.15, 0.2) is 48.8 Å². The SMILES string of the molecule is CCCCCCCCCCCc1ncc[nH]1.Nc1ccc2ccccc2n1. The van der Waals surface area contributed by atoms with Gasteiger partial charge in [-0.1, -0.05) is 76.5 Å². The first-order chi connectivity index (χ1) is 13.3. The topological polar surface area (TPSA) is 67.6 Å². The van der Waals surface area contributed by atoms with Crippen LogP contribution in [0.5, 0.6) is 0 Å². The molecule has 0 aliphatic heterocycles. The standard InChI is InChI=1S/C14H26N2.C9H8N2/c1-2-3-4-5-6-7-8-9-10-11-14-15-12-13-16-14;10-9-6-5-7-3-1-2-4-8(7)11-9/h12-13H,2-11H2,1H3,(H,15,16);1-6H,(H2,10,11). The van der Waals surface area contributed by atoms with Crippen LogP contribution in [0.2, 0.25) is 0 Å². The Bertz CT molecular complexity index is 737. The van der Waals surface area contributed by atoms with Crippen LogP contribution in [0.25, 0.3) is 10.9 Å². The number of nitrogens with two attached hydrogens (primary N) is 1. The van der Waals surface area contributed by atoms with Gasteiger partial charge in [0.05, 0.1) is 5.52 Å². The molecule has 0 bridgehead atoms. The zero-order valence-electron chi connectivity index (χ0n) is 16.7. The number of H-pyrrole nitrogens is 1. The summed E-state index contributed by atoms with van der Waals surface area (Å²) in [5.74, 6) is 1.71. The molecule has 0 unspecified atom stereocenters. The van der Waals surface area contributed by atoms with E-state index in [2.05, 4.69) is 21.9 Å². The van der Waals surface area contributed by atoms with Gasteiger partial charge in [-0.05, 0) is 24.6 Å². The van der Waals surface area contributed by atoms with E-state index >= 15 is 0 Å². The third-order valence-corrected chi connectivity index (χ3v) is 4.69. The molecule has 0 aliphatic rings. The quantitative estimate of drug-likeness (QED) is 0.414. The number of unbranched alkanes of at least 4 members (excludes halogenated alkanes) is 8. The fraction of sp³-hybridized carbons (Fsp3) is 0.478. The summed E-state index contributed by atoms with van der Waals surface area (Å²) in [6, 6.07) is 11.7. The number of aromatic amines is 1. The Kier molecular flexibility index (Phi) is 10.0. The van der Waals surface area contributed by atoms with Crippen molar-refractivity contribution in [2.24, 2.45) is 0 Å². The molecular formula is C23H34N4. The lowest BCUT2D eigenvalue weighted by molar-refractivity contribution is 0.562. The maximum atomic E-state index is 5.51. The number of rotatable bonds is 10. The van der Waals surface area contributed by atoms with Crippen molar-refractivity contribution in [1.29, 1.82) is 0 Å². The van der Waals surface area contributed by atoms with Gasteiger partial charge in [0.25, 0.3) is 0 Å². The first-order valence-electron chi connectivity index (χ1n) is 10.4. The molecule has 0 fully saturated rings. The Morgan fingerprint density at radius 2 is 1.56 bits per heavy atom. The number of aromatic nitrogens is 3. The molecule has 0 atom stereocenters. The van der Waals surface area contributed by atoms with E-state index < -0.39 is 0 Å². The van der Waals surface area contributed by atoms with Crippen LogP contribution < -0.4 is 5.73 Å². The van der Waals surface area contributed by atoms with E-state index in [1.807, 2.05) is 48.8 Å². The Balaban J connectivity index is 0.000000206. The molecule has 0 radical (unpaired) electrons. The van der Waals surface area contributed by atoms with Gasteiger partial charge in [-0.2, -0.15) is 0 Å². The Hall–Kier alpha value is -2.36. The van der Waals surface area contributed by atoms with Crippen LogP contribution in [-0.4, -0.2) is 15.0 Å². The summed E-state index contributed by atoms with van der Waals surface area (Å²) in [6.07, 6.45) is 17.4. The van der Waals surface area contributed by atoms with Gasteiger partial charge in [-0.25, -0.2) is 9.97 Å². The number of nitrogens with zero attached hydrogens (tertiary/aromatic N) is 2. The molecule has 146 valence electrons. The molecule has 0 saturated heterocycles. The Morgan fingerprint density at radius 3 is 2.26 bits per heavy atom. The zero-order valence-corrected chi connectivity index (χ0v) is 16.7. The highest BCUT2D eigenvalue weighted by atomic mass is 14.9. The minimum atomic E-state index is 0.573. The number of benzene rings is 1. The number of hydrogen-bond acceptors (Lipinski definition) is 3. The predicted molar refractivity (Wildman–Crippen MR) is 116 cm³/mol. The molecule has 2 heterocycles. The smallest absolute Gasteiger partial charge is 0.124 e. The summed E-state index contributed by atoms with van der Waals surface area (Å²) < 4.78 is 0. The van der Waals surface area contributed by atoms with Crippen molar-refractivity contribution in [3.8, 4) is 0 Å².